The first-order chi connectivity index (χ1) is 13.7. The Morgan fingerprint density at radius 2 is 1.33 bits per heavy atom. The van der Waals surface area contributed by atoms with Crippen molar-refractivity contribution in [2.45, 2.75) is 113 Å². The summed E-state index contributed by atoms with van der Waals surface area (Å²) in [6, 6.07) is 0. The van der Waals surface area contributed by atoms with E-state index in [0.29, 0.717) is 23.2 Å². The number of hydrogen-bond acceptors (Lipinski definition) is 2. The van der Waals surface area contributed by atoms with Crippen molar-refractivity contribution in [3.05, 3.63) is 0 Å². The number of carboxylic acids is 2. The number of carbonyl (C=O) groups is 2. The van der Waals surface area contributed by atoms with E-state index in [9.17, 15) is 9.59 Å². The minimum absolute atomic E-state index is 0.184. The van der Waals surface area contributed by atoms with Crippen molar-refractivity contribution in [2.75, 3.05) is 0 Å². The highest BCUT2D eigenvalue weighted by Crippen LogP contribution is 2.44. The average Bonchev–Trinajstić information content (AvgIpc) is 2.50. The van der Waals surface area contributed by atoms with Gasteiger partial charge in [0.2, 0.25) is 0 Å². The molecular weight excluding hydrogens is 376 g/mol. The number of carboxylic acid groups (broad SMARTS) is 2. The first kappa shape index (κ1) is 27.0. The van der Waals surface area contributed by atoms with Gasteiger partial charge in [-0.05, 0) is 92.3 Å². The summed E-state index contributed by atoms with van der Waals surface area (Å²) >= 11 is 0. The first-order valence-electron chi connectivity index (χ1n) is 12.1. The molecular formula is C26H48O4. The topological polar surface area (TPSA) is 74.6 Å². The molecule has 4 nitrogen and oxygen atoms in total. The minimum atomic E-state index is -0.655. The summed E-state index contributed by atoms with van der Waals surface area (Å²) in [7, 11) is 0. The third-order valence-corrected chi connectivity index (χ3v) is 7.07. The molecule has 0 radical (unpaired) electrons. The van der Waals surface area contributed by atoms with E-state index in [2.05, 4.69) is 41.5 Å². The van der Waals surface area contributed by atoms with E-state index in [4.69, 9.17) is 10.2 Å². The molecule has 2 aliphatic rings. The van der Waals surface area contributed by atoms with Crippen LogP contribution in [-0.2, 0) is 9.59 Å². The average molecular weight is 425 g/mol. The van der Waals surface area contributed by atoms with Crippen molar-refractivity contribution in [2.24, 2.45) is 40.4 Å². The van der Waals surface area contributed by atoms with Crippen LogP contribution in [0.15, 0.2) is 0 Å². The summed E-state index contributed by atoms with van der Waals surface area (Å²) in [5.41, 5.74) is 0.867. The molecule has 0 amide bonds. The fourth-order valence-corrected chi connectivity index (χ4v) is 6.63. The lowest BCUT2D eigenvalue weighted by Crippen LogP contribution is -2.29. The molecule has 0 aromatic carbocycles. The van der Waals surface area contributed by atoms with Gasteiger partial charge in [0, 0.05) is 6.42 Å². The molecule has 5 atom stereocenters. The zero-order valence-corrected chi connectivity index (χ0v) is 20.7. The van der Waals surface area contributed by atoms with Gasteiger partial charge in [-0.25, -0.2) is 0 Å². The van der Waals surface area contributed by atoms with Crippen molar-refractivity contribution < 1.29 is 19.8 Å². The lowest BCUT2D eigenvalue weighted by molar-refractivity contribution is -0.142. The summed E-state index contributed by atoms with van der Waals surface area (Å²) in [6.45, 7) is 15.7. The Kier molecular flexibility index (Phi) is 10.4. The van der Waals surface area contributed by atoms with E-state index in [1.807, 2.05) is 6.92 Å². The molecule has 2 rings (SSSR count). The van der Waals surface area contributed by atoms with E-state index in [-0.39, 0.29) is 5.92 Å². The fraction of sp³-hybridized carbons (Fsp3) is 0.923. The van der Waals surface area contributed by atoms with Crippen LogP contribution in [0.2, 0.25) is 0 Å². The predicted octanol–water partition coefficient (Wildman–Crippen LogP) is 7.26. The van der Waals surface area contributed by atoms with E-state index in [1.165, 1.54) is 38.5 Å². The van der Waals surface area contributed by atoms with Gasteiger partial charge in [-0.2, -0.15) is 0 Å². The Labute approximate surface area is 185 Å². The summed E-state index contributed by atoms with van der Waals surface area (Å²) in [6.07, 6.45) is 10.7. The van der Waals surface area contributed by atoms with Crippen LogP contribution in [0.4, 0.5) is 0 Å². The Bertz CT molecular complexity index is 551. The van der Waals surface area contributed by atoms with Crippen molar-refractivity contribution >= 4 is 11.9 Å². The Morgan fingerprint density at radius 1 is 0.867 bits per heavy atom. The smallest absolute Gasteiger partial charge is 0.306 e. The second kappa shape index (κ2) is 11.5. The van der Waals surface area contributed by atoms with Gasteiger partial charge in [0.05, 0.1) is 5.92 Å². The van der Waals surface area contributed by atoms with Crippen LogP contribution >= 0.6 is 0 Å². The van der Waals surface area contributed by atoms with Gasteiger partial charge in [0.1, 0.15) is 0 Å². The third kappa shape index (κ3) is 10.8. The summed E-state index contributed by atoms with van der Waals surface area (Å²) < 4.78 is 0. The Morgan fingerprint density at radius 3 is 1.77 bits per heavy atom. The van der Waals surface area contributed by atoms with Crippen molar-refractivity contribution in [1.82, 2.24) is 0 Å². The zero-order chi connectivity index (χ0) is 23.1. The lowest BCUT2D eigenvalue weighted by Gasteiger charge is -2.39. The Hall–Kier alpha value is -1.06. The molecule has 2 saturated carbocycles. The zero-order valence-electron chi connectivity index (χ0n) is 20.7. The summed E-state index contributed by atoms with van der Waals surface area (Å²) in [5, 5.41) is 17.5. The number of hydrogen-bond donors (Lipinski definition) is 2. The minimum Gasteiger partial charge on any atom is -0.481 e. The molecule has 0 aliphatic heterocycles. The van der Waals surface area contributed by atoms with Crippen molar-refractivity contribution in [1.29, 1.82) is 0 Å². The standard InChI is InChI=1S/2C13H24O2/c1-9-5-11(6-10(2)12(14)15)8-13(3,4)7-9;1-10-7-11(5-4-6-12(14)15)9-13(2,3)8-10/h9-11H,5-8H2,1-4H3,(H,14,15);10-11H,4-9H2,1-3H3,(H,14,15)/t9-,10?,11-;10-,11+/m00/s1. The van der Waals surface area contributed by atoms with E-state index in [1.54, 1.807) is 0 Å². The highest BCUT2D eigenvalue weighted by Gasteiger charge is 2.33. The highest BCUT2D eigenvalue weighted by molar-refractivity contribution is 5.69. The number of aliphatic carboxylic acids is 2. The molecule has 2 aliphatic carbocycles. The van der Waals surface area contributed by atoms with Crippen molar-refractivity contribution in [3.8, 4) is 0 Å². The number of rotatable bonds is 7. The van der Waals surface area contributed by atoms with Crippen LogP contribution in [-0.4, -0.2) is 22.2 Å². The van der Waals surface area contributed by atoms with Crippen LogP contribution in [0, 0.1) is 40.4 Å². The van der Waals surface area contributed by atoms with Gasteiger partial charge in [-0.3, -0.25) is 9.59 Å². The second-order valence-electron chi connectivity index (χ2n) is 12.3. The molecule has 0 heterocycles. The highest BCUT2D eigenvalue weighted by atomic mass is 16.4. The molecule has 0 spiro atoms. The molecule has 0 aromatic rings. The first-order valence-corrected chi connectivity index (χ1v) is 12.1. The SMILES string of the molecule is CC(C[C@@H]1C[C@H](C)CC(C)(C)C1)C(=O)O.C[C@H]1C[C@@H](CCCC(=O)O)CC(C)(C)C1. The maximum atomic E-state index is 10.8. The second-order valence-corrected chi connectivity index (χ2v) is 12.3. The quantitative estimate of drug-likeness (QED) is 0.451. The maximum absolute atomic E-state index is 10.8. The van der Waals surface area contributed by atoms with E-state index in [0.717, 1.165) is 37.0 Å². The van der Waals surface area contributed by atoms with Gasteiger partial charge in [0.25, 0.3) is 0 Å². The largest absolute Gasteiger partial charge is 0.481 e. The third-order valence-electron chi connectivity index (χ3n) is 7.07. The van der Waals surface area contributed by atoms with Gasteiger partial charge in [-0.15, -0.1) is 0 Å². The molecule has 0 aromatic heterocycles. The molecule has 4 heteroatoms. The van der Waals surface area contributed by atoms with Gasteiger partial charge in [-0.1, -0.05) is 48.5 Å². The molecule has 1 unspecified atom stereocenters. The summed E-state index contributed by atoms with van der Waals surface area (Å²) in [5.74, 6) is 1.43. The molecule has 0 bridgehead atoms. The molecule has 0 saturated heterocycles. The molecule has 2 N–H and O–H groups in total. The van der Waals surface area contributed by atoms with Crippen LogP contribution in [0.1, 0.15) is 113 Å². The molecule has 176 valence electrons. The fourth-order valence-electron chi connectivity index (χ4n) is 6.63. The predicted molar refractivity (Wildman–Crippen MR) is 123 cm³/mol. The van der Waals surface area contributed by atoms with Crippen LogP contribution < -0.4 is 0 Å². The van der Waals surface area contributed by atoms with Crippen LogP contribution in [0.5, 0.6) is 0 Å². The monoisotopic (exact) mass is 424 g/mol. The maximum Gasteiger partial charge on any atom is 0.306 e. The lowest BCUT2D eigenvalue weighted by atomic mass is 9.66. The van der Waals surface area contributed by atoms with Crippen LogP contribution in [0.3, 0.4) is 0 Å². The van der Waals surface area contributed by atoms with Gasteiger partial charge in [0.15, 0.2) is 0 Å². The van der Waals surface area contributed by atoms with E-state index >= 15 is 0 Å². The van der Waals surface area contributed by atoms with Gasteiger partial charge >= 0.3 is 11.9 Å². The normalized spacial score (nSPS) is 31.2. The molecule has 30 heavy (non-hydrogen) atoms. The summed E-state index contributed by atoms with van der Waals surface area (Å²) in [4.78, 5) is 21.2. The van der Waals surface area contributed by atoms with Crippen LogP contribution in [0.25, 0.3) is 0 Å². The van der Waals surface area contributed by atoms with E-state index < -0.39 is 11.9 Å². The van der Waals surface area contributed by atoms with Crippen molar-refractivity contribution in [3.63, 3.8) is 0 Å². The Balaban J connectivity index is 0.000000300. The van der Waals surface area contributed by atoms with Gasteiger partial charge < -0.3 is 10.2 Å². The molecule has 2 fully saturated rings.